The molecule has 0 bridgehead atoms. The van der Waals surface area contributed by atoms with E-state index >= 15 is 0 Å². The summed E-state index contributed by atoms with van der Waals surface area (Å²) >= 11 is 0. The quantitative estimate of drug-likeness (QED) is 0.809. The van der Waals surface area contributed by atoms with Crippen LogP contribution in [-0.2, 0) is 13.5 Å². The Morgan fingerprint density at radius 3 is 2.67 bits per heavy atom. The van der Waals surface area contributed by atoms with Crippen LogP contribution in [0.5, 0.6) is 0 Å². The van der Waals surface area contributed by atoms with Crippen LogP contribution >= 0.6 is 0 Å². The lowest BCUT2D eigenvalue weighted by Gasteiger charge is -2.19. The van der Waals surface area contributed by atoms with Crippen LogP contribution in [0.15, 0.2) is 6.20 Å². The molecule has 86 valence electrons. The first-order valence-electron chi connectivity index (χ1n) is 5.88. The third kappa shape index (κ3) is 2.81. The highest BCUT2D eigenvalue weighted by Gasteiger charge is 2.19. The second-order valence-electron chi connectivity index (χ2n) is 4.35. The molecule has 1 rings (SSSR count). The lowest BCUT2D eigenvalue weighted by Crippen LogP contribution is -2.19. The summed E-state index contributed by atoms with van der Waals surface area (Å²) in [6, 6.07) is 0.133. The maximum Gasteiger partial charge on any atom is 0.0669 e. The number of nitrogens with two attached hydrogens (primary N) is 1. The van der Waals surface area contributed by atoms with Gasteiger partial charge in [-0.2, -0.15) is 5.10 Å². The van der Waals surface area contributed by atoms with E-state index in [1.807, 2.05) is 11.7 Å². The van der Waals surface area contributed by atoms with Gasteiger partial charge in [-0.3, -0.25) is 4.68 Å². The van der Waals surface area contributed by atoms with Crippen LogP contribution in [0.4, 0.5) is 0 Å². The third-order valence-corrected chi connectivity index (χ3v) is 2.99. The summed E-state index contributed by atoms with van der Waals surface area (Å²) < 4.78 is 1.87. The molecule has 0 saturated heterocycles. The summed E-state index contributed by atoms with van der Waals surface area (Å²) in [6.07, 6.45) is 5.40. The topological polar surface area (TPSA) is 43.8 Å². The predicted molar refractivity (Wildman–Crippen MR) is 63.6 cm³/mol. The number of nitrogens with zero attached hydrogens (tertiary/aromatic N) is 2. The van der Waals surface area contributed by atoms with Gasteiger partial charge in [0.05, 0.1) is 5.69 Å². The molecule has 0 radical (unpaired) electrons. The SMILES string of the molecule is CCCC(C)C(N)c1cn(C)nc1CC. The minimum absolute atomic E-state index is 0.133. The van der Waals surface area contributed by atoms with Gasteiger partial charge in [0.25, 0.3) is 0 Å². The van der Waals surface area contributed by atoms with E-state index < -0.39 is 0 Å². The summed E-state index contributed by atoms with van der Waals surface area (Å²) in [5, 5.41) is 4.43. The maximum atomic E-state index is 6.26. The van der Waals surface area contributed by atoms with Crippen LogP contribution in [0.25, 0.3) is 0 Å². The summed E-state index contributed by atoms with van der Waals surface area (Å²) in [5.41, 5.74) is 8.63. The highest BCUT2D eigenvalue weighted by Crippen LogP contribution is 2.25. The fraction of sp³-hybridized carbons (Fsp3) is 0.750. The van der Waals surface area contributed by atoms with E-state index in [4.69, 9.17) is 5.73 Å². The normalized spacial score (nSPS) is 15.3. The highest BCUT2D eigenvalue weighted by atomic mass is 15.3. The Labute approximate surface area is 92.7 Å². The molecule has 1 aromatic rings. The van der Waals surface area contributed by atoms with Crippen LogP contribution in [0.2, 0.25) is 0 Å². The molecule has 2 unspecified atom stereocenters. The highest BCUT2D eigenvalue weighted by molar-refractivity contribution is 5.21. The Balaban J connectivity index is 2.84. The molecule has 3 nitrogen and oxygen atoms in total. The molecule has 0 amide bonds. The molecule has 0 aliphatic heterocycles. The van der Waals surface area contributed by atoms with E-state index in [0.29, 0.717) is 5.92 Å². The van der Waals surface area contributed by atoms with Crippen molar-refractivity contribution in [2.75, 3.05) is 0 Å². The van der Waals surface area contributed by atoms with Crippen molar-refractivity contribution in [3.05, 3.63) is 17.5 Å². The van der Waals surface area contributed by atoms with E-state index in [1.165, 1.54) is 18.4 Å². The Hall–Kier alpha value is -0.830. The molecule has 0 aliphatic carbocycles. The summed E-state index contributed by atoms with van der Waals surface area (Å²) in [7, 11) is 1.96. The fourth-order valence-corrected chi connectivity index (χ4v) is 2.05. The minimum atomic E-state index is 0.133. The molecular weight excluding hydrogens is 186 g/mol. The number of hydrogen-bond acceptors (Lipinski definition) is 2. The Bertz CT molecular complexity index is 304. The average Bonchev–Trinajstić information content (AvgIpc) is 2.58. The van der Waals surface area contributed by atoms with Crippen LogP contribution < -0.4 is 5.73 Å². The molecule has 1 aromatic heterocycles. The van der Waals surface area contributed by atoms with Gasteiger partial charge >= 0.3 is 0 Å². The predicted octanol–water partition coefficient (Wildman–Crippen LogP) is 2.42. The monoisotopic (exact) mass is 209 g/mol. The van der Waals surface area contributed by atoms with Gasteiger partial charge in [0.2, 0.25) is 0 Å². The van der Waals surface area contributed by atoms with Gasteiger partial charge in [0.15, 0.2) is 0 Å². The number of aromatic nitrogens is 2. The average molecular weight is 209 g/mol. The van der Waals surface area contributed by atoms with Crippen molar-refractivity contribution in [2.45, 2.75) is 46.1 Å². The van der Waals surface area contributed by atoms with E-state index in [2.05, 4.69) is 32.1 Å². The molecule has 15 heavy (non-hydrogen) atoms. The molecule has 2 atom stereocenters. The molecule has 0 aromatic carbocycles. The van der Waals surface area contributed by atoms with Gasteiger partial charge < -0.3 is 5.73 Å². The van der Waals surface area contributed by atoms with Crippen LogP contribution in [0, 0.1) is 5.92 Å². The zero-order valence-electron chi connectivity index (χ0n) is 10.3. The van der Waals surface area contributed by atoms with Gasteiger partial charge in [0, 0.05) is 24.8 Å². The standard InChI is InChI=1S/C12H23N3/c1-5-7-9(3)12(13)10-8-15(4)14-11(10)6-2/h8-9,12H,5-7,13H2,1-4H3. The van der Waals surface area contributed by atoms with Crippen LogP contribution in [-0.4, -0.2) is 9.78 Å². The lowest BCUT2D eigenvalue weighted by molar-refractivity contribution is 0.431. The first-order valence-corrected chi connectivity index (χ1v) is 5.88. The summed E-state index contributed by atoms with van der Waals surface area (Å²) in [6.45, 7) is 6.55. The van der Waals surface area contributed by atoms with E-state index in [-0.39, 0.29) is 6.04 Å². The Kier molecular flexibility index (Phi) is 4.33. The molecule has 0 spiro atoms. The first kappa shape index (κ1) is 12.2. The van der Waals surface area contributed by atoms with Gasteiger partial charge in [0.1, 0.15) is 0 Å². The first-order chi connectivity index (χ1) is 7.10. The molecular formula is C12H23N3. The lowest BCUT2D eigenvalue weighted by atomic mass is 9.91. The van der Waals surface area contributed by atoms with Crippen molar-refractivity contribution in [3.8, 4) is 0 Å². The molecule has 3 heteroatoms. The van der Waals surface area contributed by atoms with Crippen molar-refractivity contribution in [1.82, 2.24) is 9.78 Å². The zero-order valence-corrected chi connectivity index (χ0v) is 10.3. The fourth-order valence-electron chi connectivity index (χ4n) is 2.05. The van der Waals surface area contributed by atoms with Gasteiger partial charge in [-0.1, -0.05) is 27.2 Å². The number of rotatable bonds is 5. The van der Waals surface area contributed by atoms with E-state index in [9.17, 15) is 0 Å². The van der Waals surface area contributed by atoms with Gasteiger partial charge in [-0.15, -0.1) is 0 Å². The summed E-state index contributed by atoms with van der Waals surface area (Å²) in [5.74, 6) is 0.532. The van der Waals surface area contributed by atoms with Crippen molar-refractivity contribution in [3.63, 3.8) is 0 Å². The smallest absolute Gasteiger partial charge is 0.0669 e. The van der Waals surface area contributed by atoms with Crippen molar-refractivity contribution >= 4 is 0 Å². The zero-order chi connectivity index (χ0) is 11.4. The molecule has 0 fully saturated rings. The summed E-state index contributed by atoms with van der Waals surface area (Å²) in [4.78, 5) is 0. The number of aryl methyl sites for hydroxylation is 2. The van der Waals surface area contributed by atoms with Crippen molar-refractivity contribution < 1.29 is 0 Å². The Morgan fingerprint density at radius 2 is 2.13 bits per heavy atom. The Morgan fingerprint density at radius 1 is 1.47 bits per heavy atom. The minimum Gasteiger partial charge on any atom is -0.324 e. The van der Waals surface area contributed by atoms with Gasteiger partial charge in [-0.25, -0.2) is 0 Å². The van der Waals surface area contributed by atoms with E-state index in [1.54, 1.807) is 0 Å². The van der Waals surface area contributed by atoms with Crippen LogP contribution in [0.1, 0.15) is 50.9 Å². The molecule has 0 saturated carbocycles. The second kappa shape index (κ2) is 5.31. The van der Waals surface area contributed by atoms with Crippen molar-refractivity contribution in [2.24, 2.45) is 18.7 Å². The molecule has 0 aliphatic rings. The molecule has 1 heterocycles. The van der Waals surface area contributed by atoms with Crippen molar-refractivity contribution in [1.29, 1.82) is 0 Å². The number of hydrogen-bond donors (Lipinski definition) is 1. The van der Waals surface area contributed by atoms with Gasteiger partial charge in [-0.05, 0) is 18.8 Å². The maximum absolute atomic E-state index is 6.26. The third-order valence-electron chi connectivity index (χ3n) is 2.99. The molecule has 2 N–H and O–H groups in total. The largest absolute Gasteiger partial charge is 0.324 e. The van der Waals surface area contributed by atoms with E-state index in [0.717, 1.165) is 12.1 Å². The van der Waals surface area contributed by atoms with Crippen LogP contribution in [0.3, 0.4) is 0 Å². The second-order valence-corrected chi connectivity index (χ2v) is 4.35.